The molecule has 1 aliphatic rings. The van der Waals surface area contributed by atoms with Crippen LogP contribution < -0.4 is 4.74 Å². The van der Waals surface area contributed by atoms with Crippen LogP contribution in [0.15, 0.2) is 29.4 Å². The topological polar surface area (TPSA) is 74.1 Å². The standard InChI is InChI=1S/C12H12ClN3O3S/c1-19-10-6-2-8(3-7-10)11-14-15-12(20(13,17)18)16(11)9-4-5-9/h2-3,6-7,9H,4-5H2,1H3. The van der Waals surface area contributed by atoms with E-state index in [9.17, 15) is 8.42 Å². The van der Waals surface area contributed by atoms with E-state index in [-0.39, 0.29) is 11.2 Å². The third kappa shape index (κ3) is 2.38. The summed E-state index contributed by atoms with van der Waals surface area (Å²) in [5, 5.41) is 7.52. The second-order valence-corrected chi connectivity index (χ2v) is 7.03. The Morgan fingerprint density at radius 1 is 1.25 bits per heavy atom. The summed E-state index contributed by atoms with van der Waals surface area (Å²) in [5.74, 6) is 1.23. The summed E-state index contributed by atoms with van der Waals surface area (Å²) in [6, 6.07) is 7.30. The van der Waals surface area contributed by atoms with Gasteiger partial charge in [-0.1, -0.05) is 0 Å². The van der Waals surface area contributed by atoms with Crippen LogP contribution in [0.1, 0.15) is 18.9 Å². The number of nitrogens with zero attached hydrogens (tertiary/aromatic N) is 3. The number of benzene rings is 1. The Hall–Kier alpha value is -1.60. The zero-order valence-corrected chi connectivity index (χ0v) is 12.2. The summed E-state index contributed by atoms with van der Waals surface area (Å²) in [7, 11) is 3.09. The molecule has 0 unspecified atom stereocenters. The van der Waals surface area contributed by atoms with E-state index < -0.39 is 9.05 Å². The smallest absolute Gasteiger partial charge is 0.296 e. The van der Waals surface area contributed by atoms with Gasteiger partial charge in [-0.05, 0) is 37.1 Å². The van der Waals surface area contributed by atoms with Crippen molar-refractivity contribution in [2.45, 2.75) is 24.0 Å². The summed E-state index contributed by atoms with van der Waals surface area (Å²) in [5.41, 5.74) is 0.775. The average Bonchev–Trinajstić information content (AvgIpc) is 3.16. The van der Waals surface area contributed by atoms with Crippen molar-refractivity contribution >= 4 is 19.7 Å². The molecule has 1 aromatic heterocycles. The van der Waals surface area contributed by atoms with Crippen LogP contribution in [0.5, 0.6) is 5.75 Å². The molecule has 20 heavy (non-hydrogen) atoms. The minimum atomic E-state index is -3.90. The van der Waals surface area contributed by atoms with E-state index in [1.54, 1.807) is 23.8 Å². The highest BCUT2D eigenvalue weighted by molar-refractivity contribution is 8.13. The van der Waals surface area contributed by atoms with Crippen molar-refractivity contribution in [3.8, 4) is 17.1 Å². The minimum absolute atomic E-state index is 0.102. The molecule has 0 radical (unpaired) electrons. The van der Waals surface area contributed by atoms with Crippen LogP contribution in [0.25, 0.3) is 11.4 Å². The van der Waals surface area contributed by atoms with Gasteiger partial charge in [0.2, 0.25) is 0 Å². The van der Waals surface area contributed by atoms with Crippen LogP contribution in [-0.4, -0.2) is 30.3 Å². The van der Waals surface area contributed by atoms with E-state index in [1.165, 1.54) is 0 Å². The lowest BCUT2D eigenvalue weighted by atomic mass is 10.2. The Labute approximate surface area is 120 Å². The van der Waals surface area contributed by atoms with E-state index in [4.69, 9.17) is 15.4 Å². The van der Waals surface area contributed by atoms with Gasteiger partial charge in [0.1, 0.15) is 5.75 Å². The number of rotatable bonds is 4. The zero-order chi connectivity index (χ0) is 14.3. The van der Waals surface area contributed by atoms with Gasteiger partial charge in [-0.25, -0.2) is 8.42 Å². The number of hydrogen-bond donors (Lipinski definition) is 0. The van der Waals surface area contributed by atoms with Gasteiger partial charge in [0.15, 0.2) is 5.82 Å². The molecule has 8 heteroatoms. The van der Waals surface area contributed by atoms with E-state index in [2.05, 4.69) is 10.2 Å². The van der Waals surface area contributed by atoms with Gasteiger partial charge in [-0.15, -0.1) is 10.2 Å². The monoisotopic (exact) mass is 313 g/mol. The molecule has 0 spiro atoms. The number of aromatic nitrogens is 3. The van der Waals surface area contributed by atoms with Gasteiger partial charge in [0, 0.05) is 22.3 Å². The van der Waals surface area contributed by atoms with Gasteiger partial charge < -0.3 is 4.74 Å². The summed E-state index contributed by atoms with van der Waals surface area (Å²) in [6.07, 6.45) is 1.81. The fourth-order valence-corrected chi connectivity index (χ4v) is 2.97. The molecule has 1 aliphatic carbocycles. The number of ether oxygens (including phenoxy) is 1. The van der Waals surface area contributed by atoms with Crippen LogP contribution in [0, 0.1) is 0 Å². The molecule has 1 fully saturated rings. The van der Waals surface area contributed by atoms with Crippen LogP contribution >= 0.6 is 10.7 Å². The van der Waals surface area contributed by atoms with Crippen LogP contribution in [-0.2, 0) is 9.05 Å². The Kier molecular flexibility index (Phi) is 3.18. The molecule has 3 rings (SSSR count). The number of hydrogen-bond acceptors (Lipinski definition) is 5. The maximum Gasteiger partial charge on any atom is 0.296 e. The molecule has 0 atom stereocenters. The minimum Gasteiger partial charge on any atom is -0.497 e. The first-order valence-corrected chi connectivity index (χ1v) is 8.35. The lowest BCUT2D eigenvalue weighted by Crippen LogP contribution is -2.06. The highest BCUT2D eigenvalue weighted by Gasteiger charge is 2.34. The highest BCUT2D eigenvalue weighted by Crippen LogP contribution is 2.40. The molecule has 1 saturated carbocycles. The van der Waals surface area contributed by atoms with Crippen molar-refractivity contribution in [2.75, 3.05) is 7.11 Å². The van der Waals surface area contributed by atoms with E-state index >= 15 is 0 Å². The Morgan fingerprint density at radius 2 is 1.90 bits per heavy atom. The predicted octanol–water partition coefficient (Wildman–Crippen LogP) is 2.22. The molecular formula is C12H12ClN3O3S. The molecule has 2 aromatic rings. The van der Waals surface area contributed by atoms with Gasteiger partial charge in [0.25, 0.3) is 14.2 Å². The molecule has 0 saturated heterocycles. The van der Waals surface area contributed by atoms with Crippen LogP contribution in [0.4, 0.5) is 0 Å². The summed E-state index contributed by atoms with van der Waals surface area (Å²) >= 11 is 0. The molecule has 0 N–H and O–H groups in total. The van der Waals surface area contributed by atoms with Crippen LogP contribution in [0.2, 0.25) is 0 Å². The van der Waals surface area contributed by atoms with Gasteiger partial charge in [-0.2, -0.15) is 0 Å². The average molecular weight is 314 g/mol. The first-order chi connectivity index (χ1) is 9.50. The number of halogens is 1. The highest BCUT2D eigenvalue weighted by atomic mass is 35.7. The van der Waals surface area contributed by atoms with E-state index in [0.29, 0.717) is 5.82 Å². The SMILES string of the molecule is COc1ccc(-c2nnc(S(=O)(=O)Cl)n2C2CC2)cc1. The molecule has 0 aliphatic heterocycles. The molecule has 0 bridgehead atoms. The van der Waals surface area contributed by atoms with Crippen molar-refractivity contribution in [3.05, 3.63) is 24.3 Å². The zero-order valence-electron chi connectivity index (χ0n) is 10.7. The van der Waals surface area contributed by atoms with Gasteiger partial charge in [0.05, 0.1) is 7.11 Å². The molecular weight excluding hydrogens is 302 g/mol. The normalized spacial score (nSPS) is 15.3. The quantitative estimate of drug-likeness (QED) is 0.809. The van der Waals surface area contributed by atoms with E-state index in [1.807, 2.05) is 12.1 Å². The second-order valence-electron chi connectivity index (χ2n) is 4.57. The van der Waals surface area contributed by atoms with Gasteiger partial charge >= 0.3 is 0 Å². The fraction of sp³-hybridized carbons (Fsp3) is 0.333. The van der Waals surface area contributed by atoms with Crippen LogP contribution in [0.3, 0.4) is 0 Å². The van der Waals surface area contributed by atoms with Gasteiger partial charge in [-0.3, -0.25) is 4.57 Å². The second kappa shape index (κ2) is 4.75. The third-order valence-corrected chi connectivity index (χ3v) is 4.27. The molecule has 106 valence electrons. The van der Waals surface area contributed by atoms with Crippen molar-refractivity contribution < 1.29 is 13.2 Å². The first kappa shape index (κ1) is 13.4. The number of methoxy groups -OCH3 is 1. The molecule has 0 amide bonds. The largest absolute Gasteiger partial charge is 0.497 e. The van der Waals surface area contributed by atoms with Crippen molar-refractivity contribution in [2.24, 2.45) is 0 Å². The summed E-state index contributed by atoms with van der Waals surface area (Å²) < 4.78 is 29.8. The summed E-state index contributed by atoms with van der Waals surface area (Å²) in [4.78, 5) is 0. The Morgan fingerprint density at radius 3 is 2.40 bits per heavy atom. The molecule has 1 aromatic carbocycles. The fourth-order valence-electron chi connectivity index (χ4n) is 2.04. The van der Waals surface area contributed by atoms with E-state index in [0.717, 1.165) is 24.2 Å². The van der Waals surface area contributed by atoms with Crippen molar-refractivity contribution in [1.29, 1.82) is 0 Å². The van der Waals surface area contributed by atoms with Crippen molar-refractivity contribution in [3.63, 3.8) is 0 Å². The third-order valence-electron chi connectivity index (χ3n) is 3.14. The van der Waals surface area contributed by atoms with Crippen molar-refractivity contribution in [1.82, 2.24) is 14.8 Å². The predicted molar refractivity (Wildman–Crippen MR) is 73.3 cm³/mol. The lowest BCUT2D eigenvalue weighted by Gasteiger charge is -2.07. The Bertz CT molecular complexity index is 736. The molecule has 6 nitrogen and oxygen atoms in total. The Balaban J connectivity index is 2.11. The maximum atomic E-state index is 11.6. The molecule has 1 heterocycles. The lowest BCUT2D eigenvalue weighted by molar-refractivity contribution is 0.415. The maximum absolute atomic E-state index is 11.6. The first-order valence-electron chi connectivity index (χ1n) is 6.04. The summed E-state index contributed by atoms with van der Waals surface area (Å²) in [6.45, 7) is 0.